The minimum absolute atomic E-state index is 0.332. The molecule has 2 aliphatic carbocycles. The average molecular weight is 284 g/mol. The Labute approximate surface area is 123 Å². The van der Waals surface area contributed by atoms with Gasteiger partial charge in [0.15, 0.2) is 0 Å². The van der Waals surface area contributed by atoms with Crippen LogP contribution in [0, 0.1) is 5.92 Å². The van der Waals surface area contributed by atoms with Crippen LogP contribution in [0.2, 0.25) is 0 Å². The number of rotatable bonds is 5. The van der Waals surface area contributed by atoms with E-state index in [1.807, 2.05) is 6.07 Å². The number of aromatic nitrogens is 2. The zero-order chi connectivity index (χ0) is 14.6. The molecule has 2 aliphatic rings. The van der Waals surface area contributed by atoms with Gasteiger partial charge in [0.2, 0.25) is 0 Å². The number of hydrogen-bond acceptors (Lipinski definition) is 2. The van der Waals surface area contributed by atoms with Crippen molar-refractivity contribution in [2.45, 2.75) is 51.0 Å². The molecule has 2 fully saturated rings. The SMILES string of the molecule is CC(CC1CC1)n1c(C2CC2)nc2cccc(C(=O)O)c21. The monoisotopic (exact) mass is 284 g/mol. The summed E-state index contributed by atoms with van der Waals surface area (Å²) in [7, 11) is 0. The number of nitrogens with zero attached hydrogens (tertiary/aromatic N) is 2. The number of imidazole rings is 1. The molecule has 0 bridgehead atoms. The maximum atomic E-state index is 11.6. The van der Waals surface area contributed by atoms with Crippen molar-refractivity contribution >= 4 is 17.0 Å². The van der Waals surface area contributed by atoms with Gasteiger partial charge < -0.3 is 9.67 Å². The van der Waals surface area contributed by atoms with E-state index in [1.165, 1.54) is 25.7 Å². The lowest BCUT2D eigenvalue weighted by Crippen LogP contribution is -2.12. The maximum absolute atomic E-state index is 11.6. The van der Waals surface area contributed by atoms with Crippen molar-refractivity contribution in [1.29, 1.82) is 0 Å². The van der Waals surface area contributed by atoms with Crippen molar-refractivity contribution in [3.63, 3.8) is 0 Å². The highest BCUT2D eigenvalue weighted by atomic mass is 16.4. The molecule has 21 heavy (non-hydrogen) atoms. The van der Waals surface area contributed by atoms with Crippen molar-refractivity contribution in [3.05, 3.63) is 29.6 Å². The van der Waals surface area contributed by atoms with E-state index in [0.717, 1.165) is 29.2 Å². The fourth-order valence-corrected chi connectivity index (χ4v) is 3.36. The van der Waals surface area contributed by atoms with Crippen LogP contribution >= 0.6 is 0 Å². The topological polar surface area (TPSA) is 55.1 Å². The van der Waals surface area contributed by atoms with Gasteiger partial charge in [-0.1, -0.05) is 18.9 Å². The highest BCUT2D eigenvalue weighted by molar-refractivity contribution is 6.01. The molecule has 0 radical (unpaired) electrons. The molecule has 0 saturated heterocycles. The molecule has 0 spiro atoms. The fourth-order valence-electron chi connectivity index (χ4n) is 3.36. The molecule has 2 aromatic rings. The van der Waals surface area contributed by atoms with Gasteiger partial charge in [-0.05, 0) is 44.2 Å². The van der Waals surface area contributed by atoms with Crippen LogP contribution in [0.25, 0.3) is 11.0 Å². The molecule has 1 atom stereocenters. The molecular formula is C17H20N2O2. The van der Waals surface area contributed by atoms with E-state index in [0.29, 0.717) is 17.5 Å². The molecule has 4 rings (SSSR count). The van der Waals surface area contributed by atoms with Gasteiger partial charge in [0.05, 0.1) is 16.6 Å². The van der Waals surface area contributed by atoms with Crippen LogP contribution in [0.1, 0.15) is 67.2 Å². The van der Waals surface area contributed by atoms with Gasteiger partial charge in [0, 0.05) is 12.0 Å². The number of carbonyl (C=O) groups is 1. The summed E-state index contributed by atoms with van der Waals surface area (Å²) in [6, 6.07) is 5.77. The molecule has 2 saturated carbocycles. The van der Waals surface area contributed by atoms with Gasteiger partial charge in [-0.15, -0.1) is 0 Å². The molecule has 1 aromatic heterocycles. The van der Waals surface area contributed by atoms with E-state index in [-0.39, 0.29) is 0 Å². The quantitative estimate of drug-likeness (QED) is 0.903. The van der Waals surface area contributed by atoms with Crippen LogP contribution < -0.4 is 0 Å². The summed E-state index contributed by atoms with van der Waals surface area (Å²) in [4.78, 5) is 16.3. The van der Waals surface area contributed by atoms with Crippen molar-refractivity contribution in [3.8, 4) is 0 Å². The van der Waals surface area contributed by atoms with Gasteiger partial charge in [-0.3, -0.25) is 0 Å². The number of fused-ring (bicyclic) bond motifs is 1. The van der Waals surface area contributed by atoms with E-state index in [9.17, 15) is 9.90 Å². The second-order valence-electron chi connectivity index (χ2n) is 6.62. The number of benzene rings is 1. The zero-order valence-electron chi connectivity index (χ0n) is 12.2. The Morgan fingerprint density at radius 3 is 2.76 bits per heavy atom. The smallest absolute Gasteiger partial charge is 0.337 e. The van der Waals surface area contributed by atoms with Crippen LogP contribution in [-0.4, -0.2) is 20.6 Å². The molecule has 0 aliphatic heterocycles. The summed E-state index contributed by atoms with van der Waals surface area (Å²) < 4.78 is 2.23. The third-order valence-electron chi connectivity index (χ3n) is 4.72. The molecule has 1 N–H and O–H groups in total. The first-order chi connectivity index (χ1) is 10.1. The first kappa shape index (κ1) is 12.9. The Morgan fingerprint density at radius 2 is 2.14 bits per heavy atom. The van der Waals surface area contributed by atoms with Crippen molar-refractivity contribution in [1.82, 2.24) is 9.55 Å². The number of aromatic carboxylic acids is 1. The van der Waals surface area contributed by atoms with Gasteiger partial charge in [-0.25, -0.2) is 9.78 Å². The lowest BCUT2D eigenvalue weighted by atomic mass is 10.1. The molecule has 0 amide bonds. The van der Waals surface area contributed by atoms with Crippen LogP contribution in [0.4, 0.5) is 0 Å². The first-order valence-corrected chi connectivity index (χ1v) is 7.89. The van der Waals surface area contributed by atoms with Crippen molar-refractivity contribution in [2.75, 3.05) is 0 Å². The summed E-state index contributed by atoms with van der Waals surface area (Å²) in [5.74, 6) is 1.59. The van der Waals surface area contributed by atoms with Crippen LogP contribution in [0.3, 0.4) is 0 Å². The number of carboxylic acid groups (broad SMARTS) is 1. The predicted octanol–water partition coefficient (Wildman–Crippen LogP) is 3.97. The molecular weight excluding hydrogens is 264 g/mol. The largest absolute Gasteiger partial charge is 0.478 e. The Morgan fingerprint density at radius 1 is 1.38 bits per heavy atom. The lowest BCUT2D eigenvalue weighted by molar-refractivity contribution is 0.0698. The number of hydrogen-bond donors (Lipinski definition) is 1. The van der Waals surface area contributed by atoms with Crippen LogP contribution in [0.15, 0.2) is 18.2 Å². The summed E-state index contributed by atoms with van der Waals surface area (Å²) >= 11 is 0. The minimum Gasteiger partial charge on any atom is -0.478 e. The van der Waals surface area contributed by atoms with Gasteiger partial charge in [-0.2, -0.15) is 0 Å². The maximum Gasteiger partial charge on any atom is 0.337 e. The van der Waals surface area contributed by atoms with Gasteiger partial charge in [0.25, 0.3) is 0 Å². The van der Waals surface area contributed by atoms with Gasteiger partial charge in [0.1, 0.15) is 5.82 Å². The van der Waals surface area contributed by atoms with E-state index in [4.69, 9.17) is 4.98 Å². The van der Waals surface area contributed by atoms with E-state index in [2.05, 4.69) is 11.5 Å². The van der Waals surface area contributed by atoms with Crippen LogP contribution in [-0.2, 0) is 0 Å². The molecule has 1 heterocycles. The Kier molecular flexibility index (Phi) is 2.81. The predicted molar refractivity (Wildman–Crippen MR) is 80.7 cm³/mol. The summed E-state index contributed by atoms with van der Waals surface area (Å²) in [5.41, 5.74) is 2.04. The lowest BCUT2D eigenvalue weighted by Gasteiger charge is -2.18. The number of para-hydroxylation sites is 1. The fraction of sp³-hybridized carbons (Fsp3) is 0.529. The third kappa shape index (κ3) is 2.23. The third-order valence-corrected chi connectivity index (χ3v) is 4.72. The normalized spacial score (nSPS) is 19.9. The van der Waals surface area contributed by atoms with E-state index in [1.54, 1.807) is 12.1 Å². The molecule has 4 nitrogen and oxygen atoms in total. The Balaban J connectivity index is 1.90. The van der Waals surface area contributed by atoms with Crippen molar-refractivity contribution in [2.24, 2.45) is 5.92 Å². The summed E-state index contributed by atoms with van der Waals surface area (Å²) in [6.07, 6.45) is 6.14. The Bertz CT molecular complexity index is 711. The van der Waals surface area contributed by atoms with Crippen molar-refractivity contribution < 1.29 is 9.90 Å². The standard InChI is InChI=1S/C17H20N2O2/c1-10(9-11-5-6-11)19-15-13(17(20)21)3-2-4-14(15)18-16(19)12-7-8-12/h2-4,10-12H,5-9H2,1H3,(H,20,21). The highest BCUT2D eigenvalue weighted by Crippen LogP contribution is 2.44. The van der Waals surface area contributed by atoms with E-state index < -0.39 is 5.97 Å². The van der Waals surface area contributed by atoms with Gasteiger partial charge >= 0.3 is 5.97 Å². The summed E-state index contributed by atoms with van der Waals surface area (Å²) in [6.45, 7) is 2.21. The molecule has 1 unspecified atom stereocenters. The van der Waals surface area contributed by atoms with Crippen LogP contribution in [0.5, 0.6) is 0 Å². The number of carboxylic acids is 1. The first-order valence-electron chi connectivity index (χ1n) is 7.89. The zero-order valence-corrected chi connectivity index (χ0v) is 12.2. The highest BCUT2D eigenvalue weighted by Gasteiger charge is 2.33. The van der Waals surface area contributed by atoms with E-state index >= 15 is 0 Å². The molecule has 4 heteroatoms. The second kappa shape index (κ2) is 4.58. The molecule has 110 valence electrons. The molecule has 1 aromatic carbocycles. The summed E-state index contributed by atoms with van der Waals surface area (Å²) in [5, 5.41) is 9.51. The minimum atomic E-state index is -0.859. The Hall–Kier alpha value is -1.84. The average Bonchev–Trinajstić information content (AvgIpc) is 3.36. The second-order valence-corrected chi connectivity index (χ2v) is 6.62.